The molecule has 0 atom stereocenters. The number of aromatic nitrogens is 2. The minimum Gasteiger partial charge on any atom is -0.461 e. The van der Waals surface area contributed by atoms with Crippen LogP contribution >= 0.6 is 15.9 Å². The highest BCUT2D eigenvalue weighted by molar-refractivity contribution is 9.10. The normalized spacial score (nSPS) is 11.2. The average molecular weight is 497 g/mol. The molecule has 0 saturated heterocycles. The molecule has 0 saturated carbocycles. The van der Waals surface area contributed by atoms with Crippen molar-refractivity contribution in [1.29, 1.82) is 0 Å². The number of hydrogen-bond acceptors (Lipinski definition) is 7. The number of rotatable bonds is 6. The van der Waals surface area contributed by atoms with Gasteiger partial charge in [-0.1, -0.05) is 34.1 Å². The third-order valence-electron chi connectivity index (χ3n) is 3.72. The molecule has 0 spiro atoms. The number of carbonyl (C=O) groups excluding carboxylic acids is 1. The van der Waals surface area contributed by atoms with E-state index in [4.69, 9.17) is 8.92 Å². The van der Waals surface area contributed by atoms with Gasteiger partial charge in [0.1, 0.15) is 10.7 Å². The highest BCUT2D eigenvalue weighted by Gasteiger charge is 2.27. The lowest BCUT2D eigenvalue weighted by Crippen LogP contribution is -2.26. The summed E-state index contributed by atoms with van der Waals surface area (Å²) in [5, 5.41) is 3.93. The molecule has 0 aliphatic heterocycles. The predicted octanol–water partition coefficient (Wildman–Crippen LogP) is 3.08. The van der Waals surface area contributed by atoms with Crippen molar-refractivity contribution in [2.24, 2.45) is 0 Å². The van der Waals surface area contributed by atoms with Crippen molar-refractivity contribution < 1.29 is 26.5 Å². The van der Waals surface area contributed by atoms with Crippen molar-refractivity contribution in [3.63, 3.8) is 0 Å². The van der Waals surface area contributed by atoms with Gasteiger partial charge in [0.15, 0.2) is 5.75 Å². The number of ether oxygens (including phenoxy) is 1. The lowest BCUT2D eigenvalue weighted by atomic mass is 10.3. The van der Waals surface area contributed by atoms with E-state index in [-0.39, 0.29) is 6.61 Å². The first-order valence-corrected chi connectivity index (χ1v) is 10.7. The first-order valence-electron chi connectivity index (χ1n) is 8.49. The van der Waals surface area contributed by atoms with Crippen LogP contribution in [0.5, 0.6) is 5.75 Å². The molecule has 3 aromatic rings. The monoisotopic (exact) mass is 496 g/mol. The fourth-order valence-electron chi connectivity index (χ4n) is 2.45. The number of hydrogen-bond donors (Lipinski definition) is 0. The van der Waals surface area contributed by atoms with Gasteiger partial charge in [-0.25, -0.2) is 9.18 Å². The lowest BCUT2D eigenvalue weighted by Gasteiger charge is -2.13. The Morgan fingerprint density at radius 1 is 1.17 bits per heavy atom. The van der Waals surface area contributed by atoms with Crippen LogP contribution < -0.4 is 9.74 Å². The first-order chi connectivity index (χ1) is 14.2. The van der Waals surface area contributed by atoms with E-state index in [9.17, 15) is 22.4 Å². The molecule has 30 heavy (non-hydrogen) atoms. The molecule has 0 aliphatic carbocycles. The van der Waals surface area contributed by atoms with Gasteiger partial charge in [0, 0.05) is 4.47 Å². The van der Waals surface area contributed by atoms with E-state index in [0.717, 1.165) is 22.9 Å². The molecule has 0 radical (unpaired) electrons. The van der Waals surface area contributed by atoms with Gasteiger partial charge >= 0.3 is 16.1 Å². The van der Waals surface area contributed by atoms with Crippen LogP contribution in [0.25, 0.3) is 5.69 Å². The number of benzene rings is 2. The number of carbonyl (C=O) groups is 1. The number of nitrogens with zero attached hydrogens (tertiary/aromatic N) is 2. The summed E-state index contributed by atoms with van der Waals surface area (Å²) in [6, 6.07) is 11.8. The molecule has 0 amide bonds. The van der Waals surface area contributed by atoms with Crippen LogP contribution in [0.3, 0.4) is 0 Å². The zero-order valence-electron chi connectivity index (χ0n) is 15.4. The molecule has 1 aromatic heterocycles. The summed E-state index contributed by atoms with van der Waals surface area (Å²) in [5.41, 5.74) is -1.03. The summed E-state index contributed by atoms with van der Waals surface area (Å²) in [4.78, 5) is 24.2. The molecule has 11 heteroatoms. The first kappa shape index (κ1) is 21.7. The summed E-state index contributed by atoms with van der Waals surface area (Å²) in [6.45, 7) is 1.51. The minimum atomic E-state index is -4.69. The summed E-state index contributed by atoms with van der Waals surface area (Å²) < 4.78 is 50.3. The molecular weight excluding hydrogens is 483 g/mol. The third-order valence-corrected chi connectivity index (χ3v) is 5.49. The fraction of sp³-hybridized carbons (Fsp3) is 0.105. The molecule has 0 N–H and O–H groups in total. The van der Waals surface area contributed by atoms with Crippen LogP contribution in [0.1, 0.15) is 17.4 Å². The van der Waals surface area contributed by atoms with E-state index < -0.39 is 43.8 Å². The van der Waals surface area contributed by atoms with E-state index in [1.807, 2.05) is 0 Å². The van der Waals surface area contributed by atoms with Gasteiger partial charge < -0.3 is 8.92 Å². The fourth-order valence-corrected chi connectivity index (χ4v) is 3.84. The molecule has 156 valence electrons. The van der Waals surface area contributed by atoms with E-state index in [1.54, 1.807) is 31.2 Å². The summed E-state index contributed by atoms with van der Waals surface area (Å²) in [5.74, 6) is -2.74. The van der Waals surface area contributed by atoms with Crippen molar-refractivity contribution in [2.75, 3.05) is 6.61 Å². The minimum absolute atomic E-state index is 0.0317. The van der Waals surface area contributed by atoms with Gasteiger partial charge in [-0.05, 0) is 37.3 Å². The quantitative estimate of drug-likeness (QED) is 0.381. The Balaban J connectivity index is 2.14. The van der Waals surface area contributed by atoms with Gasteiger partial charge in [0.25, 0.3) is 5.56 Å². The average Bonchev–Trinajstić information content (AvgIpc) is 2.68. The van der Waals surface area contributed by atoms with Gasteiger partial charge in [-0.3, -0.25) is 4.79 Å². The Labute approximate surface area is 179 Å². The second-order valence-electron chi connectivity index (χ2n) is 5.78. The van der Waals surface area contributed by atoms with Gasteiger partial charge in [-0.2, -0.15) is 18.2 Å². The maximum absolute atomic E-state index is 13.9. The highest BCUT2D eigenvalue weighted by atomic mass is 79.9. The molecular formula is C19H14BrFN2O6S. The zero-order chi connectivity index (χ0) is 21.9. The highest BCUT2D eigenvalue weighted by Crippen LogP contribution is 2.23. The largest absolute Gasteiger partial charge is 0.461 e. The number of esters is 1. The SMILES string of the molecule is CCOC(=O)c1nn(-c2cccc(Br)c2)c(=O)cc1OS(=O)(=O)c1ccccc1F. The van der Waals surface area contributed by atoms with Crippen LogP contribution in [0, 0.1) is 5.82 Å². The maximum atomic E-state index is 13.9. The van der Waals surface area contributed by atoms with Crippen LogP contribution in [-0.2, 0) is 14.9 Å². The van der Waals surface area contributed by atoms with Crippen molar-refractivity contribution in [3.8, 4) is 11.4 Å². The summed E-state index contributed by atoms with van der Waals surface area (Å²) in [6.07, 6.45) is 0. The standard InChI is InChI=1S/C19H14BrFN2O6S/c1-2-28-19(25)18-15(29-30(26,27)16-9-4-3-8-14(16)21)11-17(24)23(22-18)13-7-5-6-12(20)10-13/h3-11H,2H2,1H3. The van der Waals surface area contributed by atoms with Gasteiger partial charge in [0.2, 0.25) is 5.69 Å². The zero-order valence-corrected chi connectivity index (χ0v) is 17.8. The number of halogens is 2. The summed E-state index contributed by atoms with van der Waals surface area (Å²) in [7, 11) is -4.69. The molecule has 3 rings (SSSR count). The Morgan fingerprint density at radius 2 is 1.90 bits per heavy atom. The molecule has 0 aliphatic rings. The van der Waals surface area contributed by atoms with Crippen molar-refractivity contribution in [1.82, 2.24) is 9.78 Å². The Morgan fingerprint density at radius 3 is 2.57 bits per heavy atom. The topological polar surface area (TPSA) is 105 Å². The third kappa shape index (κ3) is 4.57. The molecule has 2 aromatic carbocycles. The van der Waals surface area contributed by atoms with Crippen molar-refractivity contribution >= 4 is 32.0 Å². The molecule has 8 nitrogen and oxygen atoms in total. The second kappa shape index (κ2) is 8.76. The molecule has 0 unspecified atom stereocenters. The van der Waals surface area contributed by atoms with E-state index in [2.05, 4.69) is 21.0 Å². The van der Waals surface area contributed by atoms with E-state index in [1.165, 1.54) is 12.1 Å². The Hall–Kier alpha value is -3.05. The van der Waals surface area contributed by atoms with E-state index >= 15 is 0 Å². The van der Waals surface area contributed by atoms with Crippen LogP contribution in [0.15, 0.2) is 68.8 Å². The van der Waals surface area contributed by atoms with Crippen LogP contribution in [0.2, 0.25) is 0 Å². The van der Waals surface area contributed by atoms with Crippen LogP contribution in [-0.4, -0.2) is 30.8 Å². The second-order valence-corrected chi connectivity index (χ2v) is 8.21. The van der Waals surface area contributed by atoms with E-state index in [0.29, 0.717) is 10.2 Å². The van der Waals surface area contributed by atoms with Crippen LogP contribution in [0.4, 0.5) is 4.39 Å². The smallest absolute Gasteiger partial charge is 0.362 e. The van der Waals surface area contributed by atoms with Crippen molar-refractivity contribution in [3.05, 3.63) is 80.9 Å². The summed E-state index contributed by atoms with van der Waals surface area (Å²) >= 11 is 3.27. The lowest BCUT2D eigenvalue weighted by molar-refractivity contribution is 0.0515. The molecule has 1 heterocycles. The molecule has 0 fully saturated rings. The molecule has 0 bridgehead atoms. The van der Waals surface area contributed by atoms with Gasteiger partial charge in [-0.15, -0.1) is 0 Å². The predicted molar refractivity (Wildman–Crippen MR) is 108 cm³/mol. The Kier molecular flexibility index (Phi) is 6.32. The van der Waals surface area contributed by atoms with Crippen molar-refractivity contribution in [2.45, 2.75) is 11.8 Å². The maximum Gasteiger partial charge on any atom is 0.362 e. The van der Waals surface area contributed by atoms with Gasteiger partial charge in [0.05, 0.1) is 18.4 Å². The Bertz CT molecular complexity index is 1280.